The van der Waals surface area contributed by atoms with Crippen molar-refractivity contribution in [2.24, 2.45) is 0 Å². The Balaban J connectivity index is 1.94. The molecule has 2 unspecified atom stereocenters. The highest BCUT2D eigenvalue weighted by Gasteiger charge is 2.19. The second-order valence-electron chi connectivity index (χ2n) is 4.97. The van der Waals surface area contributed by atoms with Gasteiger partial charge in [-0.25, -0.2) is 4.39 Å². The number of ether oxygens (including phenoxy) is 2. The highest BCUT2D eigenvalue weighted by molar-refractivity contribution is 5.35. The van der Waals surface area contributed by atoms with Crippen LogP contribution in [0.1, 0.15) is 43.8 Å². The summed E-state index contributed by atoms with van der Waals surface area (Å²) < 4.78 is 24.0. The molecule has 0 bridgehead atoms. The van der Waals surface area contributed by atoms with Crippen LogP contribution in [0.3, 0.4) is 0 Å². The molecule has 1 heterocycles. The maximum absolute atomic E-state index is 13.2. The summed E-state index contributed by atoms with van der Waals surface area (Å²) in [5.74, 6) is 0.169. The van der Waals surface area contributed by atoms with E-state index in [2.05, 4.69) is 0 Å². The predicted molar refractivity (Wildman–Crippen MR) is 70.7 cm³/mol. The van der Waals surface area contributed by atoms with Crippen LogP contribution in [-0.2, 0) is 4.74 Å². The Kier molecular flexibility index (Phi) is 5.16. The number of hydrogen-bond donors (Lipinski definition) is 1. The van der Waals surface area contributed by atoms with Crippen molar-refractivity contribution in [2.45, 2.75) is 44.3 Å². The molecule has 3 nitrogen and oxygen atoms in total. The molecular weight excluding hydrogens is 247 g/mol. The Labute approximate surface area is 113 Å². The van der Waals surface area contributed by atoms with Crippen molar-refractivity contribution in [3.8, 4) is 5.75 Å². The van der Waals surface area contributed by atoms with Gasteiger partial charge in [-0.2, -0.15) is 0 Å². The van der Waals surface area contributed by atoms with E-state index < -0.39 is 6.10 Å². The summed E-state index contributed by atoms with van der Waals surface area (Å²) in [7, 11) is 1.52. The highest BCUT2D eigenvalue weighted by atomic mass is 19.1. The van der Waals surface area contributed by atoms with Crippen molar-refractivity contribution in [3.63, 3.8) is 0 Å². The smallest absolute Gasteiger partial charge is 0.124 e. The Morgan fingerprint density at radius 3 is 3.00 bits per heavy atom. The van der Waals surface area contributed by atoms with Gasteiger partial charge in [0.2, 0.25) is 0 Å². The third kappa shape index (κ3) is 3.91. The van der Waals surface area contributed by atoms with Gasteiger partial charge in [-0.15, -0.1) is 0 Å². The van der Waals surface area contributed by atoms with E-state index in [1.807, 2.05) is 0 Å². The van der Waals surface area contributed by atoms with E-state index in [0.29, 0.717) is 17.7 Å². The molecule has 1 saturated heterocycles. The molecular formula is C15H21FO3. The first-order chi connectivity index (χ1) is 9.20. The first-order valence-electron chi connectivity index (χ1n) is 6.84. The minimum Gasteiger partial charge on any atom is -0.496 e. The number of methoxy groups -OCH3 is 1. The third-order valence-corrected chi connectivity index (χ3v) is 3.59. The Hall–Kier alpha value is -1.13. The Morgan fingerprint density at radius 2 is 2.32 bits per heavy atom. The maximum atomic E-state index is 13.2. The van der Waals surface area contributed by atoms with Crippen LogP contribution in [0.4, 0.5) is 4.39 Å². The minimum absolute atomic E-state index is 0.225. The largest absolute Gasteiger partial charge is 0.496 e. The van der Waals surface area contributed by atoms with Crippen LogP contribution in [0.2, 0.25) is 0 Å². The van der Waals surface area contributed by atoms with E-state index >= 15 is 0 Å². The molecule has 1 aromatic rings. The lowest BCUT2D eigenvalue weighted by atomic mass is 9.98. The van der Waals surface area contributed by atoms with Crippen molar-refractivity contribution >= 4 is 0 Å². The van der Waals surface area contributed by atoms with Gasteiger partial charge in [-0.3, -0.25) is 0 Å². The molecule has 1 fully saturated rings. The minimum atomic E-state index is -0.712. The molecule has 0 radical (unpaired) electrons. The van der Waals surface area contributed by atoms with E-state index in [1.54, 1.807) is 6.07 Å². The second-order valence-corrected chi connectivity index (χ2v) is 4.97. The number of halogens is 1. The molecule has 0 aromatic heterocycles. The molecule has 0 aliphatic carbocycles. The summed E-state index contributed by atoms with van der Waals surface area (Å²) in [5.41, 5.74) is 0.512. The van der Waals surface area contributed by atoms with Crippen LogP contribution in [0.15, 0.2) is 18.2 Å². The number of aliphatic hydroxyl groups excluding tert-OH is 1. The van der Waals surface area contributed by atoms with Crippen LogP contribution in [0.5, 0.6) is 5.75 Å². The van der Waals surface area contributed by atoms with E-state index in [1.165, 1.54) is 25.7 Å². The normalized spacial score (nSPS) is 21.1. The zero-order valence-electron chi connectivity index (χ0n) is 11.3. The van der Waals surface area contributed by atoms with Crippen molar-refractivity contribution in [2.75, 3.05) is 13.7 Å². The van der Waals surface area contributed by atoms with Crippen molar-refractivity contribution in [1.29, 1.82) is 0 Å². The number of rotatable bonds is 5. The van der Waals surface area contributed by atoms with Crippen molar-refractivity contribution < 1.29 is 19.0 Å². The molecule has 0 amide bonds. The van der Waals surface area contributed by atoms with Gasteiger partial charge in [0, 0.05) is 12.2 Å². The summed E-state index contributed by atoms with van der Waals surface area (Å²) in [6.45, 7) is 0.810. The third-order valence-electron chi connectivity index (χ3n) is 3.59. The lowest BCUT2D eigenvalue weighted by Crippen LogP contribution is -2.19. The fourth-order valence-electron chi connectivity index (χ4n) is 2.50. The molecule has 19 heavy (non-hydrogen) atoms. The quantitative estimate of drug-likeness (QED) is 0.891. The number of benzene rings is 1. The number of aliphatic hydroxyl groups is 1. The molecule has 1 aromatic carbocycles. The van der Waals surface area contributed by atoms with Crippen LogP contribution in [0, 0.1) is 5.82 Å². The standard InChI is InChI=1S/C15H21FO3/c1-18-15-8-5-11(16)10-13(15)14(17)7-6-12-4-2-3-9-19-12/h5,8,10,12,14,17H,2-4,6-7,9H2,1H3. The van der Waals surface area contributed by atoms with Gasteiger partial charge < -0.3 is 14.6 Å². The van der Waals surface area contributed by atoms with Gasteiger partial charge in [-0.05, 0) is 50.3 Å². The second kappa shape index (κ2) is 6.87. The van der Waals surface area contributed by atoms with E-state index in [4.69, 9.17) is 9.47 Å². The van der Waals surface area contributed by atoms with Crippen LogP contribution >= 0.6 is 0 Å². The molecule has 4 heteroatoms. The van der Waals surface area contributed by atoms with Gasteiger partial charge in [0.25, 0.3) is 0 Å². The maximum Gasteiger partial charge on any atom is 0.124 e. The average Bonchev–Trinajstić information content (AvgIpc) is 2.46. The zero-order valence-corrected chi connectivity index (χ0v) is 11.3. The van der Waals surface area contributed by atoms with Crippen LogP contribution in [-0.4, -0.2) is 24.9 Å². The summed E-state index contributed by atoms with van der Waals surface area (Å²) in [4.78, 5) is 0. The fourth-order valence-corrected chi connectivity index (χ4v) is 2.50. The van der Waals surface area contributed by atoms with E-state index in [9.17, 15) is 9.50 Å². The Bertz CT molecular complexity index is 402. The monoisotopic (exact) mass is 268 g/mol. The molecule has 2 rings (SSSR count). The first kappa shape index (κ1) is 14.3. The summed E-state index contributed by atoms with van der Waals surface area (Å²) >= 11 is 0. The molecule has 0 spiro atoms. The molecule has 0 saturated carbocycles. The molecule has 1 aliphatic heterocycles. The highest BCUT2D eigenvalue weighted by Crippen LogP contribution is 2.30. The van der Waals surface area contributed by atoms with Gasteiger partial charge in [-0.1, -0.05) is 0 Å². The van der Waals surface area contributed by atoms with Crippen molar-refractivity contribution in [3.05, 3.63) is 29.6 Å². The summed E-state index contributed by atoms with van der Waals surface area (Å²) in [6.07, 6.45) is 4.22. The van der Waals surface area contributed by atoms with Gasteiger partial charge >= 0.3 is 0 Å². The first-order valence-corrected chi connectivity index (χ1v) is 6.84. The molecule has 1 N–H and O–H groups in total. The van der Waals surface area contributed by atoms with E-state index in [0.717, 1.165) is 25.9 Å². The summed E-state index contributed by atoms with van der Waals surface area (Å²) in [6, 6.07) is 4.22. The predicted octanol–water partition coefficient (Wildman–Crippen LogP) is 3.22. The van der Waals surface area contributed by atoms with Gasteiger partial charge in [0.1, 0.15) is 11.6 Å². The van der Waals surface area contributed by atoms with Crippen molar-refractivity contribution in [1.82, 2.24) is 0 Å². The SMILES string of the molecule is COc1ccc(F)cc1C(O)CCC1CCCCO1. The zero-order chi connectivity index (χ0) is 13.7. The lowest BCUT2D eigenvalue weighted by molar-refractivity contribution is 0.00197. The summed E-state index contributed by atoms with van der Waals surface area (Å²) in [5, 5.41) is 10.2. The molecule has 2 atom stereocenters. The van der Waals surface area contributed by atoms with Gasteiger partial charge in [0.05, 0.1) is 19.3 Å². The number of hydrogen-bond acceptors (Lipinski definition) is 3. The average molecular weight is 268 g/mol. The van der Waals surface area contributed by atoms with Crippen LogP contribution < -0.4 is 4.74 Å². The molecule has 106 valence electrons. The van der Waals surface area contributed by atoms with Crippen LogP contribution in [0.25, 0.3) is 0 Å². The Morgan fingerprint density at radius 1 is 1.47 bits per heavy atom. The fraction of sp³-hybridized carbons (Fsp3) is 0.600. The topological polar surface area (TPSA) is 38.7 Å². The molecule has 1 aliphatic rings. The lowest BCUT2D eigenvalue weighted by Gasteiger charge is -2.24. The van der Waals surface area contributed by atoms with Gasteiger partial charge in [0.15, 0.2) is 0 Å². The van der Waals surface area contributed by atoms with E-state index in [-0.39, 0.29) is 11.9 Å².